The van der Waals surface area contributed by atoms with Crippen LogP contribution in [0.2, 0.25) is 0 Å². The van der Waals surface area contributed by atoms with Gasteiger partial charge in [-0.25, -0.2) is 0 Å². The number of ketones is 1. The van der Waals surface area contributed by atoms with Crippen molar-refractivity contribution >= 4 is 5.78 Å². The molecule has 1 aromatic heterocycles. The molecule has 17 heavy (non-hydrogen) atoms. The molecule has 0 bridgehead atoms. The normalized spacial score (nSPS) is 10.5. The van der Waals surface area contributed by atoms with Crippen molar-refractivity contribution < 1.29 is 4.79 Å². The van der Waals surface area contributed by atoms with Gasteiger partial charge in [0.15, 0.2) is 0 Å². The van der Waals surface area contributed by atoms with Crippen LogP contribution in [-0.2, 0) is 24.7 Å². The highest BCUT2D eigenvalue weighted by Crippen LogP contribution is 2.07. The Kier molecular flexibility index (Phi) is 3.38. The molecular formula is C14H16N2O. The summed E-state index contributed by atoms with van der Waals surface area (Å²) in [6, 6.07) is 8.08. The number of rotatable bonds is 4. The van der Waals surface area contributed by atoms with Crippen LogP contribution < -0.4 is 0 Å². The highest BCUT2D eigenvalue weighted by Gasteiger charge is 2.06. The van der Waals surface area contributed by atoms with E-state index in [-0.39, 0.29) is 5.78 Å². The van der Waals surface area contributed by atoms with Crippen molar-refractivity contribution in [1.29, 1.82) is 0 Å². The van der Waals surface area contributed by atoms with E-state index in [4.69, 9.17) is 0 Å². The van der Waals surface area contributed by atoms with Gasteiger partial charge in [-0.2, -0.15) is 5.10 Å². The minimum atomic E-state index is 0.226. The van der Waals surface area contributed by atoms with Gasteiger partial charge in [-0.1, -0.05) is 29.8 Å². The Morgan fingerprint density at radius 2 is 2.06 bits per heavy atom. The Morgan fingerprint density at radius 3 is 2.71 bits per heavy atom. The van der Waals surface area contributed by atoms with Crippen LogP contribution in [0.3, 0.4) is 0 Å². The summed E-state index contributed by atoms with van der Waals surface area (Å²) in [5.41, 5.74) is 3.25. The molecule has 0 atom stereocenters. The molecule has 3 nitrogen and oxygen atoms in total. The number of carbonyl (C=O) groups excluding carboxylic acids is 1. The van der Waals surface area contributed by atoms with Crippen LogP contribution in [-0.4, -0.2) is 15.6 Å². The Morgan fingerprint density at radius 1 is 1.29 bits per heavy atom. The second kappa shape index (κ2) is 4.95. The summed E-state index contributed by atoms with van der Waals surface area (Å²) in [7, 11) is 1.86. The summed E-state index contributed by atoms with van der Waals surface area (Å²) < 4.78 is 1.72. The maximum atomic E-state index is 11.9. The molecule has 1 heterocycles. The van der Waals surface area contributed by atoms with Crippen LogP contribution in [0.4, 0.5) is 0 Å². The SMILES string of the molecule is Cc1cccc(CC(=O)Cc2cnn(C)c2)c1. The molecule has 2 rings (SSSR count). The molecule has 1 aromatic carbocycles. The fraction of sp³-hybridized carbons (Fsp3) is 0.286. The number of carbonyl (C=O) groups is 1. The van der Waals surface area contributed by atoms with Crippen LogP contribution in [0.15, 0.2) is 36.7 Å². The Balaban J connectivity index is 1.98. The summed E-state index contributed by atoms with van der Waals surface area (Å²) in [4.78, 5) is 11.9. The minimum Gasteiger partial charge on any atom is -0.299 e. The molecular weight excluding hydrogens is 212 g/mol. The van der Waals surface area contributed by atoms with E-state index >= 15 is 0 Å². The molecule has 0 amide bonds. The molecule has 0 saturated carbocycles. The first-order valence-corrected chi connectivity index (χ1v) is 5.68. The number of hydrogen-bond donors (Lipinski definition) is 0. The smallest absolute Gasteiger partial charge is 0.141 e. The molecule has 0 saturated heterocycles. The lowest BCUT2D eigenvalue weighted by Crippen LogP contribution is -2.06. The Hall–Kier alpha value is -1.90. The number of Topliss-reactive ketones (excluding diaryl/α,β-unsaturated/α-hetero) is 1. The lowest BCUT2D eigenvalue weighted by molar-refractivity contribution is -0.117. The van der Waals surface area contributed by atoms with Gasteiger partial charge in [0.05, 0.1) is 6.20 Å². The third-order valence-electron chi connectivity index (χ3n) is 2.64. The molecule has 0 N–H and O–H groups in total. The monoisotopic (exact) mass is 228 g/mol. The van der Waals surface area contributed by atoms with Crippen molar-refractivity contribution in [3.63, 3.8) is 0 Å². The summed E-state index contributed by atoms with van der Waals surface area (Å²) in [6.45, 7) is 2.04. The molecule has 0 fully saturated rings. The summed E-state index contributed by atoms with van der Waals surface area (Å²) >= 11 is 0. The van der Waals surface area contributed by atoms with Crippen molar-refractivity contribution in [2.24, 2.45) is 7.05 Å². The zero-order valence-electron chi connectivity index (χ0n) is 10.2. The second-order valence-electron chi connectivity index (χ2n) is 4.40. The maximum absolute atomic E-state index is 11.9. The van der Waals surface area contributed by atoms with E-state index in [2.05, 4.69) is 11.2 Å². The van der Waals surface area contributed by atoms with Crippen LogP contribution in [0.25, 0.3) is 0 Å². The predicted molar refractivity (Wildman–Crippen MR) is 66.8 cm³/mol. The molecule has 0 radical (unpaired) electrons. The largest absolute Gasteiger partial charge is 0.299 e. The van der Waals surface area contributed by atoms with Gasteiger partial charge >= 0.3 is 0 Å². The van der Waals surface area contributed by atoms with E-state index in [1.54, 1.807) is 10.9 Å². The number of aromatic nitrogens is 2. The van der Waals surface area contributed by atoms with Crippen molar-refractivity contribution in [2.45, 2.75) is 19.8 Å². The Labute approximate surface area is 101 Å². The van der Waals surface area contributed by atoms with Crippen LogP contribution in [0.5, 0.6) is 0 Å². The summed E-state index contributed by atoms with van der Waals surface area (Å²) in [5.74, 6) is 0.226. The molecule has 0 aliphatic rings. The van der Waals surface area contributed by atoms with E-state index in [9.17, 15) is 4.79 Å². The van der Waals surface area contributed by atoms with Gasteiger partial charge < -0.3 is 0 Å². The molecule has 88 valence electrons. The fourth-order valence-electron chi connectivity index (χ4n) is 1.90. The molecule has 0 aliphatic heterocycles. The van der Waals surface area contributed by atoms with Gasteiger partial charge in [0.25, 0.3) is 0 Å². The molecule has 0 unspecified atom stereocenters. The topological polar surface area (TPSA) is 34.9 Å². The van der Waals surface area contributed by atoms with Gasteiger partial charge in [-0.3, -0.25) is 9.48 Å². The van der Waals surface area contributed by atoms with E-state index in [0.717, 1.165) is 11.1 Å². The highest BCUT2D eigenvalue weighted by atomic mass is 16.1. The van der Waals surface area contributed by atoms with Gasteiger partial charge in [-0.15, -0.1) is 0 Å². The third-order valence-corrected chi connectivity index (χ3v) is 2.64. The van der Waals surface area contributed by atoms with E-state index < -0.39 is 0 Å². The quantitative estimate of drug-likeness (QED) is 0.803. The molecule has 2 aromatic rings. The first kappa shape index (κ1) is 11.6. The standard InChI is InChI=1S/C14H16N2O/c1-11-4-3-5-12(6-11)7-14(17)8-13-9-15-16(2)10-13/h3-6,9-10H,7-8H2,1-2H3. The van der Waals surface area contributed by atoms with Crippen molar-refractivity contribution in [3.8, 4) is 0 Å². The van der Waals surface area contributed by atoms with E-state index in [1.165, 1.54) is 5.56 Å². The zero-order valence-corrected chi connectivity index (χ0v) is 10.2. The van der Waals surface area contributed by atoms with Crippen LogP contribution >= 0.6 is 0 Å². The summed E-state index contributed by atoms with van der Waals surface area (Å²) in [5, 5.41) is 4.06. The Bertz CT molecular complexity index is 529. The average Bonchev–Trinajstić information content (AvgIpc) is 2.63. The second-order valence-corrected chi connectivity index (χ2v) is 4.40. The van der Waals surface area contributed by atoms with Crippen molar-refractivity contribution in [3.05, 3.63) is 53.3 Å². The number of benzene rings is 1. The van der Waals surface area contributed by atoms with E-state index in [0.29, 0.717) is 12.8 Å². The minimum absolute atomic E-state index is 0.226. The average molecular weight is 228 g/mol. The van der Waals surface area contributed by atoms with Gasteiger partial charge in [0.2, 0.25) is 0 Å². The first-order valence-electron chi connectivity index (χ1n) is 5.68. The lowest BCUT2D eigenvalue weighted by Gasteiger charge is -2.01. The van der Waals surface area contributed by atoms with Gasteiger partial charge in [-0.05, 0) is 18.1 Å². The summed E-state index contributed by atoms with van der Waals surface area (Å²) in [6.07, 6.45) is 4.58. The number of aryl methyl sites for hydroxylation is 2. The van der Waals surface area contributed by atoms with E-state index in [1.807, 2.05) is 38.4 Å². The van der Waals surface area contributed by atoms with Crippen molar-refractivity contribution in [1.82, 2.24) is 9.78 Å². The molecule has 0 spiro atoms. The molecule has 3 heteroatoms. The third kappa shape index (κ3) is 3.28. The predicted octanol–water partition coefficient (Wildman–Crippen LogP) is 2.08. The van der Waals surface area contributed by atoms with Crippen molar-refractivity contribution in [2.75, 3.05) is 0 Å². The highest BCUT2D eigenvalue weighted by molar-refractivity contribution is 5.83. The number of nitrogens with zero attached hydrogens (tertiary/aromatic N) is 2. The van der Waals surface area contributed by atoms with Gasteiger partial charge in [0, 0.05) is 26.1 Å². The maximum Gasteiger partial charge on any atom is 0.141 e. The van der Waals surface area contributed by atoms with Crippen LogP contribution in [0.1, 0.15) is 16.7 Å². The molecule has 0 aliphatic carbocycles. The zero-order chi connectivity index (χ0) is 12.3. The van der Waals surface area contributed by atoms with Gasteiger partial charge in [0.1, 0.15) is 5.78 Å². The fourth-order valence-corrected chi connectivity index (χ4v) is 1.90. The lowest BCUT2D eigenvalue weighted by atomic mass is 10.0. The van der Waals surface area contributed by atoms with Crippen LogP contribution in [0, 0.1) is 6.92 Å². The first-order chi connectivity index (χ1) is 8.13. The number of hydrogen-bond acceptors (Lipinski definition) is 2.